The third-order valence-corrected chi connectivity index (χ3v) is 3.20. The number of nitrogens with one attached hydrogen (secondary N) is 1. The predicted molar refractivity (Wildman–Crippen MR) is 88.4 cm³/mol. The first kappa shape index (κ1) is 17.2. The van der Waals surface area contributed by atoms with Gasteiger partial charge in [-0.3, -0.25) is 9.59 Å². The molecule has 0 aliphatic carbocycles. The van der Waals surface area contributed by atoms with Crippen LogP contribution in [-0.2, 0) is 9.53 Å². The van der Waals surface area contributed by atoms with Gasteiger partial charge >= 0.3 is 5.97 Å². The van der Waals surface area contributed by atoms with Gasteiger partial charge in [-0.15, -0.1) is 0 Å². The van der Waals surface area contributed by atoms with Crippen LogP contribution in [0.3, 0.4) is 0 Å². The van der Waals surface area contributed by atoms with E-state index in [-0.39, 0.29) is 18.3 Å². The van der Waals surface area contributed by atoms with Crippen molar-refractivity contribution >= 4 is 23.3 Å². The van der Waals surface area contributed by atoms with Gasteiger partial charge in [0.05, 0.1) is 12.7 Å². The number of ketones is 1. The number of carbonyl (C=O) groups excluding carboxylic acids is 3. The lowest BCUT2D eigenvalue weighted by molar-refractivity contribution is -0.118. The van der Waals surface area contributed by atoms with Crippen LogP contribution in [0.1, 0.15) is 27.6 Å². The standard InChI is InChI=1S/C18H17NO5/c1-12(20)14-4-3-5-15(10-14)19-17(21)11-24-16-8-6-13(7-9-16)18(22)23-2/h3-10H,11H2,1-2H3,(H,19,21). The largest absolute Gasteiger partial charge is 0.484 e. The van der Waals surface area contributed by atoms with Crippen LogP contribution in [0.2, 0.25) is 0 Å². The van der Waals surface area contributed by atoms with Crippen LogP contribution in [0.5, 0.6) is 5.75 Å². The molecule has 124 valence electrons. The van der Waals surface area contributed by atoms with Gasteiger partial charge in [0.1, 0.15) is 5.75 Å². The van der Waals surface area contributed by atoms with Crippen LogP contribution >= 0.6 is 0 Å². The average Bonchev–Trinajstić information content (AvgIpc) is 2.60. The second kappa shape index (κ2) is 7.92. The maximum Gasteiger partial charge on any atom is 0.337 e. The predicted octanol–water partition coefficient (Wildman–Crippen LogP) is 2.69. The number of esters is 1. The molecule has 1 amide bonds. The van der Waals surface area contributed by atoms with E-state index in [1.54, 1.807) is 48.5 Å². The average molecular weight is 327 g/mol. The third-order valence-electron chi connectivity index (χ3n) is 3.20. The van der Waals surface area contributed by atoms with Crippen molar-refractivity contribution in [3.63, 3.8) is 0 Å². The molecule has 0 aliphatic rings. The zero-order valence-corrected chi connectivity index (χ0v) is 13.4. The molecule has 0 aromatic heterocycles. The summed E-state index contributed by atoms with van der Waals surface area (Å²) >= 11 is 0. The molecular formula is C18H17NO5. The molecule has 2 rings (SSSR count). The highest BCUT2D eigenvalue weighted by molar-refractivity contribution is 5.97. The molecule has 0 saturated heterocycles. The summed E-state index contributed by atoms with van der Waals surface area (Å²) < 4.78 is 9.95. The molecule has 6 heteroatoms. The monoisotopic (exact) mass is 327 g/mol. The van der Waals surface area contributed by atoms with E-state index in [0.717, 1.165) is 0 Å². The maximum atomic E-state index is 11.9. The summed E-state index contributed by atoms with van der Waals surface area (Å²) in [4.78, 5) is 34.5. The molecule has 24 heavy (non-hydrogen) atoms. The smallest absolute Gasteiger partial charge is 0.337 e. The van der Waals surface area contributed by atoms with Crippen molar-refractivity contribution in [3.8, 4) is 5.75 Å². The number of ether oxygens (including phenoxy) is 2. The number of methoxy groups -OCH3 is 1. The van der Waals surface area contributed by atoms with E-state index in [1.165, 1.54) is 14.0 Å². The first-order chi connectivity index (χ1) is 11.5. The first-order valence-corrected chi connectivity index (χ1v) is 7.21. The van der Waals surface area contributed by atoms with Crippen LogP contribution in [-0.4, -0.2) is 31.4 Å². The summed E-state index contributed by atoms with van der Waals surface area (Å²) in [7, 11) is 1.30. The Bertz CT molecular complexity index is 752. The van der Waals surface area contributed by atoms with E-state index in [1.807, 2.05) is 0 Å². The minimum absolute atomic E-state index is 0.0759. The third kappa shape index (κ3) is 4.67. The van der Waals surface area contributed by atoms with Crippen LogP contribution in [0.25, 0.3) is 0 Å². The van der Waals surface area contributed by atoms with Gasteiger partial charge in [-0.05, 0) is 43.3 Å². The number of carbonyl (C=O) groups is 3. The van der Waals surface area contributed by atoms with Gasteiger partial charge in [0.15, 0.2) is 12.4 Å². The number of rotatable bonds is 6. The zero-order chi connectivity index (χ0) is 17.5. The van der Waals surface area contributed by atoms with Gasteiger partial charge in [-0.1, -0.05) is 12.1 Å². The Morgan fingerprint density at radius 1 is 1.00 bits per heavy atom. The number of amides is 1. The van der Waals surface area contributed by atoms with Gasteiger partial charge in [-0.2, -0.15) is 0 Å². The summed E-state index contributed by atoms with van der Waals surface area (Å²) in [5.74, 6) is -0.416. The minimum atomic E-state index is -0.440. The molecule has 0 spiro atoms. The summed E-state index contributed by atoms with van der Waals surface area (Å²) in [6.45, 7) is 1.27. The quantitative estimate of drug-likeness (QED) is 0.651. The Hall–Kier alpha value is -3.15. The first-order valence-electron chi connectivity index (χ1n) is 7.21. The number of hydrogen-bond donors (Lipinski definition) is 1. The molecule has 0 fully saturated rings. The van der Waals surface area contributed by atoms with Crippen molar-refractivity contribution in [1.29, 1.82) is 0 Å². The van der Waals surface area contributed by atoms with Crippen molar-refractivity contribution in [2.75, 3.05) is 19.0 Å². The summed E-state index contributed by atoms with van der Waals surface area (Å²) in [5.41, 5.74) is 1.44. The lowest BCUT2D eigenvalue weighted by atomic mass is 10.1. The second-order valence-electron chi connectivity index (χ2n) is 4.99. The fourth-order valence-electron chi connectivity index (χ4n) is 1.97. The number of hydrogen-bond acceptors (Lipinski definition) is 5. The maximum absolute atomic E-state index is 11.9. The Kier molecular flexibility index (Phi) is 5.68. The van der Waals surface area contributed by atoms with Gasteiger partial charge in [-0.25, -0.2) is 4.79 Å². The molecule has 0 saturated carbocycles. The SMILES string of the molecule is COC(=O)c1ccc(OCC(=O)Nc2cccc(C(C)=O)c2)cc1. The normalized spacial score (nSPS) is 9.92. The van der Waals surface area contributed by atoms with Crippen molar-refractivity contribution in [3.05, 3.63) is 59.7 Å². The molecule has 0 heterocycles. The molecule has 1 N–H and O–H groups in total. The number of anilines is 1. The number of benzene rings is 2. The van der Waals surface area contributed by atoms with E-state index >= 15 is 0 Å². The summed E-state index contributed by atoms with van der Waals surface area (Å²) in [6, 6.07) is 12.9. The Balaban J connectivity index is 1.90. The van der Waals surface area contributed by atoms with E-state index in [2.05, 4.69) is 10.1 Å². The van der Waals surface area contributed by atoms with E-state index in [4.69, 9.17) is 4.74 Å². The molecule has 0 aliphatic heterocycles. The van der Waals surface area contributed by atoms with Crippen molar-refractivity contribution in [1.82, 2.24) is 0 Å². The van der Waals surface area contributed by atoms with Crippen molar-refractivity contribution < 1.29 is 23.9 Å². The minimum Gasteiger partial charge on any atom is -0.484 e. The summed E-state index contributed by atoms with van der Waals surface area (Å²) in [5, 5.41) is 2.66. The fraction of sp³-hybridized carbons (Fsp3) is 0.167. The Morgan fingerprint density at radius 3 is 2.33 bits per heavy atom. The van der Waals surface area contributed by atoms with Crippen molar-refractivity contribution in [2.45, 2.75) is 6.92 Å². The van der Waals surface area contributed by atoms with Crippen LogP contribution in [0, 0.1) is 0 Å². The molecule has 2 aromatic carbocycles. The summed E-state index contributed by atoms with van der Waals surface area (Å²) in [6.07, 6.45) is 0. The van der Waals surface area contributed by atoms with Gasteiger partial charge < -0.3 is 14.8 Å². The van der Waals surface area contributed by atoms with Gasteiger partial charge in [0.2, 0.25) is 0 Å². The second-order valence-corrected chi connectivity index (χ2v) is 4.99. The highest BCUT2D eigenvalue weighted by Crippen LogP contribution is 2.14. The zero-order valence-electron chi connectivity index (χ0n) is 13.4. The van der Waals surface area contributed by atoms with Crippen molar-refractivity contribution in [2.24, 2.45) is 0 Å². The molecule has 0 bridgehead atoms. The molecule has 2 aromatic rings. The lowest BCUT2D eigenvalue weighted by Gasteiger charge is -2.08. The Morgan fingerprint density at radius 2 is 1.71 bits per heavy atom. The van der Waals surface area contributed by atoms with Gasteiger partial charge in [0.25, 0.3) is 5.91 Å². The molecular weight excluding hydrogens is 310 g/mol. The van der Waals surface area contributed by atoms with Crippen LogP contribution < -0.4 is 10.1 Å². The topological polar surface area (TPSA) is 81.7 Å². The van der Waals surface area contributed by atoms with E-state index < -0.39 is 5.97 Å². The lowest BCUT2D eigenvalue weighted by Crippen LogP contribution is -2.20. The van der Waals surface area contributed by atoms with Crippen LogP contribution in [0.15, 0.2) is 48.5 Å². The molecule has 0 unspecified atom stereocenters. The van der Waals surface area contributed by atoms with Gasteiger partial charge in [0, 0.05) is 11.3 Å². The van der Waals surface area contributed by atoms with Crippen LogP contribution in [0.4, 0.5) is 5.69 Å². The highest BCUT2D eigenvalue weighted by Gasteiger charge is 2.08. The molecule has 0 atom stereocenters. The number of Topliss-reactive ketones (excluding diaryl/α,β-unsaturated/α-hetero) is 1. The molecule has 6 nitrogen and oxygen atoms in total. The Labute approximate surface area is 139 Å². The fourth-order valence-corrected chi connectivity index (χ4v) is 1.97. The highest BCUT2D eigenvalue weighted by atomic mass is 16.5. The van der Waals surface area contributed by atoms with E-state index in [9.17, 15) is 14.4 Å². The molecule has 0 radical (unpaired) electrons. The van der Waals surface area contributed by atoms with E-state index in [0.29, 0.717) is 22.6 Å².